The SMILES string of the molecule is CCc1cc(CC)n(CCCOc2ccccc2)n1. The first-order chi connectivity index (χ1) is 9.33. The van der Waals surface area contributed by atoms with Crippen LogP contribution < -0.4 is 4.74 Å². The summed E-state index contributed by atoms with van der Waals surface area (Å²) in [6.07, 6.45) is 3.01. The highest BCUT2D eigenvalue weighted by Crippen LogP contribution is 2.10. The summed E-state index contributed by atoms with van der Waals surface area (Å²) in [4.78, 5) is 0. The van der Waals surface area contributed by atoms with Gasteiger partial charge in [-0.2, -0.15) is 5.10 Å². The Morgan fingerprint density at radius 2 is 1.89 bits per heavy atom. The van der Waals surface area contributed by atoms with E-state index in [4.69, 9.17) is 4.74 Å². The zero-order valence-electron chi connectivity index (χ0n) is 11.8. The van der Waals surface area contributed by atoms with Gasteiger partial charge in [-0.15, -0.1) is 0 Å². The van der Waals surface area contributed by atoms with Crippen molar-refractivity contribution in [3.63, 3.8) is 0 Å². The Morgan fingerprint density at radius 1 is 1.11 bits per heavy atom. The summed E-state index contributed by atoms with van der Waals surface area (Å²) < 4.78 is 7.81. The van der Waals surface area contributed by atoms with E-state index in [-0.39, 0.29) is 0 Å². The Balaban J connectivity index is 1.81. The maximum Gasteiger partial charge on any atom is 0.119 e. The third-order valence-corrected chi connectivity index (χ3v) is 3.16. The Bertz CT molecular complexity index is 491. The molecule has 0 spiro atoms. The second kappa shape index (κ2) is 6.98. The Kier molecular flexibility index (Phi) is 5.01. The number of ether oxygens (including phenoxy) is 1. The van der Waals surface area contributed by atoms with Crippen LogP contribution in [-0.4, -0.2) is 16.4 Å². The highest BCUT2D eigenvalue weighted by molar-refractivity contribution is 5.20. The molecule has 102 valence electrons. The first-order valence-electron chi connectivity index (χ1n) is 7.07. The van der Waals surface area contributed by atoms with Crippen molar-refractivity contribution in [3.05, 3.63) is 47.8 Å². The van der Waals surface area contributed by atoms with Gasteiger partial charge in [0.1, 0.15) is 5.75 Å². The van der Waals surface area contributed by atoms with E-state index >= 15 is 0 Å². The average Bonchev–Trinajstić information content (AvgIpc) is 2.87. The molecule has 1 heterocycles. The van der Waals surface area contributed by atoms with Gasteiger partial charge in [0.05, 0.1) is 12.3 Å². The largest absolute Gasteiger partial charge is 0.494 e. The van der Waals surface area contributed by atoms with E-state index < -0.39 is 0 Å². The summed E-state index contributed by atoms with van der Waals surface area (Å²) in [6.45, 7) is 5.97. The first kappa shape index (κ1) is 13.7. The molecule has 0 N–H and O–H groups in total. The van der Waals surface area contributed by atoms with Gasteiger partial charge in [-0.3, -0.25) is 4.68 Å². The summed E-state index contributed by atoms with van der Waals surface area (Å²) in [5, 5.41) is 4.61. The maximum atomic E-state index is 5.69. The normalized spacial score (nSPS) is 10.6. The summed E-state index contributed by atoms with van der Waals surface area (Å²) in [7, 11) is 0. The molecule has 0 atom stereocenters. The molecule has 2 aromatic rings. The fraction of sp³-hybridized carbons (Fsp3) is 0.438. The van der Waals surface area contributed by atoms with Gasteiger partial charge in [0, 0.05) is 18.7 Å². The van der Waals surface area contributed by atoms with E-state index in [1.807, 2.05) is 30.3 Å². The molecule has 0 amide bonds. The molecule has 1 aromatic carbocycles. The van der Waals surface area contributed by atoms with Gasteiger partial charge in [0.2, 0.25) is 0 Å². The molecule has 3 nitrogen and oxygen atoms in total. The van der Waals surface area contributed by atoms with Crippen LogP contribution in [-0.2, 0) is 19.4 Å². The lowest BCUT2D eigenvalue weighted by molar-refractivity contribution is 0.297. The van der Waals surface area contributed by atoms with E-state index in [1.54, 1.807) is 0 Å². The van der Waals surface area contributed by atoms with Crippen LogP contribution in [0, 0.1) is 0 Å². The van der Waals surface area contributed by atoms with Crippen molar-refractivity contribution in [3.8, 4) is 5.75 Å². The Labute approximate surface area is 115 Å². The van der Waals surface area contributed by atoms with Crippen LogP contribution in [0.25, 0.3) is 0 Å². The van der Waals surface area contributed by atoms with Crippen LogP contribution in [0.5, 0.6) is 5.75 Å². The molecule has 0 unspecified atom stereocenters. The molecule has 0 fully saturated rings. The minimum absolute atomic E-state index is 0.731. The molecular weight excluding hydrogens is 236 g/mol. The minimum atomic E-state index is 0.731. The van der Waals surface area contributed by atoms with Crippen LogP contribution in [0.15, 0.2) is 36.4 Å². The van der Waals surface area contributed by atoms with Gasteiger partial charge in [0.15, 0.2) is 0 Å². The molecule has 2 rings (SSSR count). The lowest BCUT2D eigenvalue weighted by Crippen LogP contribution is -2.08. The number of hydrogen-bond donors (Lipinski definition) is 0. The van der Waals surface area contributed by atoms with Gasteiger partial charge in [0.25, 0.3) is 0 Å². The number of benzene rings is 1. The van der Waals surface area contributed by atoms with Crippen molar-refractivity contribution in [2.45, 2.75) is 39.7 Å². The summed E-state index contributed by atoms with van der Waals surface area (Å²) in [6, 6.07) is 12.2. The van der Waals surface area contributed by atoms with Crippen LogP contribution in [0.1, 0.15) is 31.7 Å². The third-order valence-electron chi connectivity index (χ3n) is 3.16. The molecule has 0 radical (unpaired) electrons. The molecular formula is C16H22N2O. The van der Waals surface area contributed by atoms with Crippen molar-refractivity contribution in [2.75, 3.05) is 6.61 Å². The van der Waals surface area contributed by atoms with Crippen LogP contribution in [0.4, 0.5) is 0 Å². The molecule has 0 aliphatic heterocycles. The molecule has 0 aliphatic carbocycles. The Morgan fingerprint density at radius 3 is 2.58 bits per heavy atom. The third kappa shape index (κ3) is 3.85. The fourth-order valence-corrected chi connectivity index (χ4v) is 2.09. The van der Waals surface area contributed by atoms with Crippen molar-refractivity contribution in [2.24, 2.45) is 0 Å². The van der Waals surface area contributed by atoms with Gasteiger partial charge < -0.3 is 4.74 Å². The molecule has 0 aliphatic rings. The first-order valence-corrected chi connectivity index (χ1v) is 7.07. The molecule has 0 saturated carbocycles. The zero-order chi connectivity index (χ0) is 13.5. The van der Waals surface area contributed by atoms with Gasteiger partial charge in [-0.05, 0) is 31.0 Å². The van der Waals surface area contributed by atoms with E-state index in [1.165, 1.54) is 11.4 Å². The van der Waals surface area contributed by atoms with E-state index in [0.29, 0.717) is 0 Å². The maximum absolute atomic E-state index is 5.69. The number of rotatable bonds is 7. The highest BCUT2D eigenvalue weighted by Gasteiger charge is 2.04. The lowest BCUT2D eigenvalue weighted by atomic mass is 10.2. The quantitative estimate of drug-likeness (QED) is 0.711. The highest BCUT2D eigenvalue weighted by atomic mass is 16.5. The van der Waals surface area contributed by atoms with E-state index in [0.717, 1.165) is 38.2 Å². The number of aromatic nitrogens is 2. The molecule has 3 heteroatoms. The standard InChI is InChI=1S/C16H22N2O/c1-3-14-13-15(4-2)18(17-14)11-8-12-19-16-9-6-5-7-10-16/h5-7,9-10,13H,3-4,8,11-12H2,1-2H3. The smallest absolute Gasteiger partial charge is 0.119 e. The molecule has 0 saturated heterocycles. The number of aryl methyl sites for hydroxylation is 3. The van der Waals surface area contributed by atoms with Crippen molar-refractivity contribution >= 4 is 0 Å². The number of hydrogen-bond acceptors (Lipinski definition) is 2. The van der Waals surface area contributed by atoms with E-state index in [2.05, 4.69) is 29.7 Å². The Hall–Kier alpha value is -1.77. The summed E-state index contributed by atoms with van der Waals surface area (Å²) in [5.74, 6) is 0.938. The molecule has 0 bridgehead atoms. The van der Waals surface area contributed by atoms with Gasteiger partial charge in [-0.1, -0.05) is 32.0 Å². The van der Waals surface area contributed by atoms with Gasteiger partial charge >= 0.3 is 0 Å². The zero-order valence-corrected chi connectivity index (χ0v) is 11.8. The average molecular weight is 258 g/mol. The lowest BCUT2D eigenvalue weighted by Gasteiger charge is -2.07. The second-order valence-corrected chi connectivity index (χ2v) is 4.57. The van der Waals surface area contributed by atoms with Crippen LogP contribution >= 0.6 is 0 Å². The minimum Gasteiger partial charge on any atom is -0.494 e. The molecule has 19 heavy (non-hydrogen) atoms. The summed E-state index contributed by atoms with van der Waals surface area (Å²) in [5.41, 5.74) is 2.50. The fourth-order valence-electron chi connectivity index (χ4n) is 2.09. The van der Waals surface area contributed by atoms with Crippen molar-refractivity contribution in [1.29, 1.82) is 0 Å². The monoisotopic (exact) mass is 258 g/mol. The topological polar surface area (TPSA) is 27.1 Å². The summed E-state index contributed by atoms with van der Waals surface area (Å²) >= 11 is 0. The predicted octanol–water partition coefficient (Wildman–Crippen LogP) is 3.48. The van der Waals surface area contributed by atoms with Crippen LogP contribution in [0.2, 0.25) is 0 Å². The second-order valence-electron chi connectivity index (χ2n) is 4.57. The molecule has 1 aromatic heterocycles. The van der Waals surface area contributed by atoms with Crippen LogP contribution in [0.3, 0.4) is 0 Å². The predicted molar refractivity (Wildman–Crippen MR) is 77.5 cm³/mol. The number of para-hydroxylation sites is 1. The van der Waals surface area contributed by atoms with Crippen molar-refractivity contribution < 1.29 is 4.74 Å². The van der Waals surface area contributed by atoms with Gasteiger partial charge in [-0.25, -0.2) is 0 Å². The van der Waals surface area contributed by atoms with Crippen molar-refractivity contribution in [1.82, 2.24) is 9.78 Å². The van der Waals surface area contributed by atoms with E-state index in [9.17, 15) is 0 Å². The number of nitrogens with zero attached hydrogens (tertiary/aromatic N) is 2.